The number of anilines is 1. The molecule has 2 N–H and O–H groups in total. The highest BCUT2D eigenvalue weighted by atomic mass is 19.1. The lowest BCUT2D eigenvalue weighted by molar-refractivity contribution is 0.122. The monoisotopic (exact) mass is 334 g/mol. The van der Waals surface area contributed by atoms with Gasteiger partial charge in [0, 0.05) is 30.6 Å². The van der Waals surface area contributed by atoms with Gasteiger partial charge in [0.1, 0.15) is 12.4 Å². The smallest absolute Gasteiger partial charge is 0.154 e. The van der Waals surface area contributed by atoms with Gasteiger partial charge in [-0.25, -0.2) is 8.78 Å². The van der Waals surface area contributed by atoms with Crippen LogP contribution in [-0.2, 0) is 4.74 Å². The first-order valence-corrected chi connectivity index (χ1v) is 7.89. The zero-order valence-corrected chi connectivity index (χ0v) is 13.3. The molecule has 3 rings (SSSR count). The predicted molar refractivity (Wildman–Crippen MR) is 90.7 cm³/mol. The lowest BCUT2D eigenvalue weighted by Crippen LogP contribution is -2.36. The highest BCUT2D eigenvalue weighted by molar-refractivity contribution is 5.88. The van der Waals surface area contributed by atoms with Crippen LogP contribution >= 0.6 is 0 Å². The van der Waals surface area contributed by atoms with Crippen LogP contribution in [0.1, 0.15) is 0 Å². The third-order valence-corrected chi connectivity index (χ3v) is 4.10. The van der Waals surface area contributed by atoms with Crippen LogP contribution < -0.4 is 15.4 Å². The third kappa shape index (κ3) is 3.49. The molecule has 1 saturated heterocycles. The van der Waals surface area contributed by atoms with Gasteiger partial charge in [0.15, 0.2) is 5.82 Å². The van der Waals surface area contributed by atoms with Gasteiger partial charge < -0.3 is 20.1 Å². The molecule has 4 nitrogen and oxygen atoms in total. The van der Waals surface area contributed by atoms with Crippen molar-refractivity contribution in [3.8, 4) is 5.75 Å². The Balaban J connectivity index is 1.83. The summed E-state index contributed by atoms with van der Waals surface area (Å²) in [5, 5.41) is 1.27. The second kappa shape index (κ2) is 7.59. The summed E-state index contributed by atoms with van der Waals surface area (Å²) in [6.45, 7) is 2.75. The number of nitrogens with zero attached hydrogens (tertiary/aromatic N) is 1. The first kappa shape index (κ1) is 16.7. The van der Waals surface area contributed by atoms with Gasteiger partial charge >= 0.3 is 0 Å². The molecule has 1 heterocycles. The molecule has 1 aliphatic rings. The Morgan fingerprint density at radius 1 is 1.25 bits per heavy atom. The Morgan fingerprint density at radius 3 is 2.75 bits per heavy atom. The van der Waals surface area contributed by atoms with Gasteiger partial charge in [0.2, 0.25) is 0 Å². The zero-order chi connectivity index (χ0) is 16.9. The van der Waals surface area contributed by atoms with E-state index in [0.717, 1.165) is 5.39 Å². The average molecular weight is 334 g/mol. The van der Waals surface area contributed by atoms with Crippen LogP contribution in [-0.4, -0.2) is 39.5 Å². The van der Waals surface area contributed by atoms with Gasteiger partial charge in [-0.15, -0.1) is 0 Å². The number of rotatable bonds is 5. The maximum Gasteiger partial charge on any atom is 0.154 e. The van der Waals surface area contributed by atoms with Crippen molar-refractivity contribution in [1.82, 2.24) is 0 Å². The van der Waals surface area contributed by atoms with Crippen molar-refractivity contribution in [1.29, 1.82) is 0 Å². The van der Waals surface area contributed by atoms with Gasteiger partial charge in [0.25, 0.3) is 0 Å². The molecule has 0 bridgehead atoms. The molecule has 0 unspecified atom stereocenters. The zero-order valence-electron chi connectivity index (χ0n) is 13.3. The number of hydrogen-bond acceptors (Lipinski definition) is 4. The number of fused-ring (bicyclic) bond motifs is 1. The summed E-state index contributed by atoms with van der Waals surface area (Å²) in [6, 6.07) is 8.75. The molecule has 24 heavy (non-hydrogen) atoms. The lowest BCUT2D eigenvalue weighted by Gasteiger charge is -2.29. The van der Waals surface area contributed by atoms with E-state index in [1.54, 1.807) is 24.3 Å². The first-order chi connectivity index (χ1) is 11.7. The molecule has 0 aliphatic carbocycles. The highest BCUT2D eigenvalue weighted by Gasteiger charge is 2.17. The Hall–Kier alpha value is -2.18. The number of halogens is 2. The predicted octanol–water partition coefficient (Wildman–Crippen LogP) is 3.01. The summed E-state index contributed by atoms with van der Waals surface area (Å²) in [5.41, 5.74) is 6.35. The van der Waals surface area contributed by atoms with E-state index < -0.39 is 0 Å². The SMILES string of the molecule is NC/C(=C\F)COc1ccc2c(F)c(N3CCOCC3)ccc2c1. The summed E-state index contributed by atoms with van der Waals surface area (Å²) in [5.74, 6) is 0.307. The standard InChI is InChI=1S/C18H20F2N2O2/c19-10-13(11-21)12-24-15-2-3-16-14(9-15)1-4-17(18(16)20)22-5-7-23-8-6-22/h1-4,9-10H,5-8,11-12,21H2/b13-10+. The minimum Gasteiger partial charge on any atom is -0.489 e. The average Bonchev–Trinajstić information content (AvgIpc) is 2.63. The van der Waals surface area contributed by atoms with E-state index in [9.17, 15) is 8.78 Å². The minimum absolute atomic E-state index is 0.0762. The van der Waals surface area contributed by atoms with Gasteiger partial charge in [-0.2, -0.15) is 0 Å². The molecule has 0 atom stereocenters. The van der Waals surface area contributed by atoms with Crippen LogP contribution in [0.4, 0.5) is 14.5 Å². The number of ether oxygens (including phenoxy) is 2. The van der Waals surface area contributed by atoms with E-state index in [0.29, 0.717) is 55.0 Å². The molecule has 0 saturated carbocycles. The molecule has 0 spiro atoms. The second-order valence-corrected chi connectivity index (χ2v) is 5.64. The summed E-state index contributed by atoms with van der Waals surface area (Å²) in [6.07, 6.45) is 0.454. The molecule has 0 radical (unpaired) electrons. The second-order valence-electron chi connectivity index (χ2n) is 5.64. The van der Waals surface area contributed by atoms with Crippen molar-refractivity contribution >= 4 is 16.5 Å². The number of morpholine rings is 1. The Kier molecular flexibility index (Phi) is 5.27. The summed E-state index contributed by atoms with van der Waals surface area (Å²) in [7, 11) is 0. The van der Waals surface area contributed by atoms with Gasteiger partial charge in [-0.3, -0.25) is 0 Å². The van der Waals surface area contributed by atoms with E-state index in [-0.39, 0.29) is 19.0 Å². The summed E-state index contributed by atoms with van der Waals surface area (Å²) < 4.78 is 38.1. The van der Waals surface area contributed by atoms with E-state index in [1.807, 2.05) is 11.0 Å². The topological polar surface area (TPSA) is 47.7 Å². The number of hydrogen-bond donors (Lipinski definition) is 1. The fraction of sp³-hybridized carbons (Fsp3) is 0.333. The molecule has 0 amide bonds. The van der Waals surface area contributed by atoms with E-state index in [1.165, 1.54) is 0 Å². The molecule has 0 aromatic heterocycles. The van der Waals surface area contributed by atoms with Crippen molar-refractivity contribution in [2.24, 2.45) is 5.73 Å². The van der Waals surface area contributed by atoms with Gasteiger partial charge in [0.05, 0.1) is 25.2 Å². The normalized spacial score (nSPS) is 15.8. The van der Waals surface area contributed by atoms with Crippen LogP contribution in [0, 0.1) is 5.82 Å². The van der Waals surface area contributed by atoms with Crippen molar-refractivity contribution < 1.29 is 18.3 Å². The minimum atomic E-state index is -0.243. The molecule has 1 fully saturated rings. The van der Waals surface area contributed by atoms with E-state index >= 15 is 0 Å². The fourth-order valence-electron chi connectivity index (χ4n) is 2.71. The van der Waals surface area contributed by atoms with Crippen molar-refractivity contribution in [3.63, 3.8) is 0 Å². The Labute approximate surface area is 139 Å². The van der Waals surface area contributed by atoms with Crippen molar-refractivity contribution in [3.05, 3.63) is 48.1 Å². The molecule has 2 aromatic carbocycles. The molecular formula is C18H20F2N2O2. The Bertz CT molecular complexity index is 743. The summed E-state index contributed by atoms with van der Waals surface area (Å²) >= 11 is 0. The fourth-order valence-corrected chi connectivity index (χ4v) is 2.71. The maximum absolute atomic E-state index is 14.8. The van der Waals surface area contributed by atoms with Crippen LogP contribution in [0.2, 0.25) is 0 Å². The third-order valence-electron chi connectivity index (χ3n) is 4.10. The van der Waals surface area contributed by atoms with Gasteiger partial charge in [-0.1, -0.05) is 6.07 Å². The van der Waals surface area contributed by atoms with Crippen molar-refractivity contribution in [2.45, 2.75) is 0 Å². The maximum atomic E-state index is 14.8. The van der Waals surface area contributed by atoms with Crippen LogP contribution in [0.25, 0.3) is 10.8 Å². The van der Waals surface area contributed by atoms with E-state index in [2.05, 4.69) is 0 Å². The number of benzene rings is 2. The largest absolute Gasteiger partial charge is 0.489 e. The van der Waals surface area contributed by atoms with Crippen LogP contribution in [0.15, 0.2) is 42.2 Å². The molecular weight excluding hydrogens is 314 g/mol. The van der Waals surface area contributed by atoms with Gasteiger partial charge in [-0.05, 0) is 29.7 Å². The number of nitrogens with two attached hydrogens (primary N) is 1. The molecule has 1 aliphatic heterocycles. The van der Waals surface area contributed by atoms with Crippen LogP contribution in [0.5, 0.6) is 5.75 Å². The van der Waals surface area contributed by atoms with Crippen LogP contribution in [0.3, 0.4) is 0 Å². The molecule has 128 valence electrons. The van der Waals surface area contributed by atoms with Crippen molar-refractivity contribution in [2.75, 3.05) is 44.4 Å². The quantitative estimate of drug-likeness (QED) is 0.913. The Morgan fingerprint density at radius 2 is 2.04 bits per heavy atom. The summed E-state index contributed by atoms with van der Waals surface area (Å²) in [4.78, 5) is 1.99. The first-order valence-electron chi connectivity index (χ1n) is 7.89. The lowest BCUT2D eigenvalue weighted by atomic mass is 10.1. The van der Waals surface area contributed by atoms with E-state index in [4.69, 9.17) is 15.2 Å². The highest BCUT2D eigenvalue weighted by Crippen LogP contribution is 2.30. The molecule has 2 aromatic rings. The molecule has 6 heteroatoms.